The molecule has 1 fully saturated rings. The van der Waals surface area contributed by atoms with Crippen LogP contribution in [0.2, 0.25) is 0 Å². The van der Waals surface area contributed by atoms with Crippen molar-refractivity contribution in [3.8, 4) is 0 Å². The molecule has 1 aromatic carbocycles. The van der Waals surface area contributed by atoms with Crippen LogP contribution in [0.15, 0.2) is 29.2 Å². The van der Waals surface area contributed by atoms with Crippen molar-refractivity contribution in [2.75, 3.05) is 26.2 Å². The van der Waals surface area contributed by atoms with Crippen LogP contribution in [0.3, 0.4) is 0 Å². The number of aryl methyl sites for hydroxylation is 1. The van der Waals surface area contributed by atoms with E-state index in [0.29, 0.717) is 13.1 Å². The molecule has 0 spiro atoms. The van der Waals surface area contributed by atoms with Crippen molar-refractivity contribution in [1.29, 1.82) is 0 Å². The minimum atomic E-state index is -3.66. The number of nitrogens with one attached hydrogen (secondary N) is 1. The number of aliphatic hydroxyl groups is 1. The highest BCUT2D eigenvalue weighted by Crippen LogP contribution is 2.16. The number of piperidine rings is 1. The molecule has 7 heteroatoms. The fourth-order valence-corrected chi connectivity index (χ4v) is 3.41. The van der Waals surface area contributed by atoms with E-state index in [0.717, 1.165) is 18.4 Å². The quantitative estimate of drug-likeness (QED) is 0.825. The fourth-order valence-electron chi connectivity index (χ4n) is 2.43. The lowest BCUT2D eigenvalue weighted by atomic mass is 9.98. The molecule has 0 aliphatic carbocycles. The molecular formula is C15H22N2O4S. The SMILES string of the molecule is Cc1ccc(S(=O)(=O)NCC(=O)N2CCC(CO)CC2)cc1. The van der Waals surface area contributed by atoms with Gasteiger partial charge >= 0.3 is 0 Å². The van der Waals surface area contributed by atoms with Gasteiger partial charge in [-0.05, 0) is 37.8 Å². The molecule has 1 heterocycles. The topological polar surface area (TPSA) is 86.7 Å². The van der Waals surface area contributed by atoms with Crippen LogP contribution in [-0.2, 0) is 14.8 Å². The maximum atomic E-state index is 12.1. The van der Waals surface area contributed by atoms with Gasteiger partial charge in [-0.3, -0.25) is 4.79 Å². The summed E-state index contributed by atoms with van der Waals surface area (Å²) in [5, 5.41) is 9.08. The van der Waals surface area contributed by atoms with Gasteiger partial charge in [-0.1, -0.05) is 17.7 Å². The number of amides is 1. The largest absolute Gasteiger partial charge is 0.396 e. The third kappa shape index (κ3) is 4.28. The van der Waals surface area contributed by atoms with Crippen LogP contribution in [0.5, 0.6) is 0 Å². The van der Waals surface area contributed by atoms with Crippen molar-refractivity contribution in [2.45, 2.75) is 24.7 Å². The molecule has 6 nitrogen and oxygen atoms in total. The number of carbonyl (C=O) groups excluding carboxylic acids is 1. The monoisotopic (exact) mass is 326 g/mol. The number of nitrogens with zero attached hydrogens (tertiary/aromatic N) is 1. The zero-order valence-electron chi connectivity index (χ0n) is 12.7. The van der Waals surface area contributed by atoms with E-state index in [-0.39, 0.29) is 29.9 Å². The van der Waals surface area contributed by atoms with Crippen molar-refractivity contribution in [2.24, 2.45) is 5.92 Å². The first kappa shape index (κ1) is 16.9. The van der Waals surface area contributed by atoms with Gasteiger partial charge in [-0.2, -0.15) is 0 Å². The summed E-state index contributed by atoms with van der Waals surface area (Å²) < 4.78 is 26.6. The van der Waals surface area contributed by atoms with Gasteiger partial charge in [-0.15, -0.1) is 0 Å². The van der Waals surface area contributed by atoms with Gasteiger partial charge in [0, 0.05) is 19.7 Å². The second-order valence-corrected chi connectivity index (χ2v) is 7.41. The Morgan fingerprint density at radius 3 is 2.41 bits per heavy atom. The molecule has 1 amide bonds. The Hall–Kier alpha value is -1.44. The van der Waals surface area contributed by atoms with E-state index in [1.165, 1.54) is 12.1 Å². The van der Waals surface area contributed by atoms with Gasteiger partial charge < -0.3 is 10.0 Å². The summed E-state index contributed by atoms with van der Waals surface area (Å²) in [5.74, 6) is 0.0142. The molecule has 0 atom stereocenters. The van der Waals surface area contributed by atoms with Gasteiger partial charge in [-0.25, -0.2) is 13.1 Å². The Bertz CT molecular complexity index is 605. The molecule has 1 aliphatic heterocycles. The van der Waals surface area contributed by atoms with E-state index >= 15 is 0 Å². The first-order chi connectivity index (χ1) is 10.4. The highest BCUT2D eigenvalue weighted by molar-refractivity contribution is 7.89. The second-order valence-electron chi connectivity index (χ2n) is 5.64. The molecule has 2 N–H and O–H groups in total. The molecular weight excluding hydrogens is 304 g/mol. The molecule has 1 aliphatic rings. The molecule has 122 valence electrons. The molecule has 0 radical (unpaired) electrons. The van der Waals surface area contributed by atoms with Gasteiger partial charge in [0.25, 0.3) is 0 Å². The summed E-state index contributed by atoms with van der Waals surface area (Å²) in [6.07, 6.45) is 1.51. The Morgan fingerprint density at radius 2 is 1.86 bits per heavy atom. The number of hydrogen-bond acceptors (Lipinski definition) is 4. The third-order valence-corrected chi connectivity index (χ3v) is 5.39. The normalized spacial score (nSPS) is 16.7. The number of sulfonamides is 1. The number of likely N-dealkylation sites (tertiary alicyclic amines) is 1. The minimum absolute atomic E-state index is 0.141. The van der Waals surface area contributed by atoms with Crippen molar-refractivity contribution in [3.63, 3.8) is 0 Å². The highest BCUT2D eigenvalue weighted by Gasteiger charge is 2.23. The molecule has 0 bridgehead atoms. The van der Waals surface area contributed by atoms with Crippen molar-refractivity contribution < 1.29 is 18.3 Å². The molecule has 1 aromatic rings. The predicted molar refractivity (Wildman–Crippen MR) is 82.8 cm³/mol. The number of hydrogen-bond donors (Lipinski definition) is 2. The minimum Gasteiger partial charge on any atom is -0.396 e. The van der Waals surface area contributed by atoms with Crippen LogP contribution >= 0.6 is 0 Å². The number of benzene rings is 1. The van der Waals surface area contributed by atoms with Crippen LogP contribution in [0.25, 0.3) is 0 Å². The first-order valence-electron chi connectivity index (χ1n) is 7.37. The number of rotatable bonds is 5. The van der Waals surface area contributed by atoms with Gasteiger partial charge in [0.15, 0.2) is 0 Å². The second kappa shape index (κ2) is 7.21. The van der Waals surface area contributed by atoms with E-state index in [1.807, 2.05) is 6.92 Å². The maximum Gasteiger partial charge on any atom is 0.241 e. The average Bonchev–Trinajstić information content (AvgIpc) is 2.53. The van der Waals surface area contributed by atoms with Crippen molar-refractivity contribution in [1.82, 2.24) is 9.62 Å². The fraction of sp³-hybridized carbons (Fsp3) is 0.533. The molecule has 0 aromatic heterocycles. The maximum absolute atomic E-state index is 12.1. The lowest BCUT2D eigenvalue weighted by Crippen LogP contribution is -2.44. The van der Waals surface area contributed by atoms with Crippen molar-refractivity contribution >= 4 is 15.9 Å². The Morgan fingerprint density at radius 1 is 1.27 bits per heavy atom. The lowest BCUT2D eigenvalue weighted by molar-refractivity contribution is -0.131. The average molecular weight is 326 g/mol. The summed E-state index contributed by atoms with van der Waals surface area (Å²) in [4.78, 5) is 13.9. The number of carbonyl (C=O) groups is 1. The first-order valence-corrected chi connectivity index (χ1v) is 8.85. The van der Waals surface area contributed by atoms with Crippen LogP contribution < -0.4 is 4.72 Å². The highest BCUT2D eigenvalue weighted by atomic mass is 32.2. The summed E-state index contributed by atoms with van der Waals surface area (Å²) >= 11 is 0. The predicted octanol–water partition coefficient (Wildman–Crippen LogP) is 0.504. The Kier molecular flexibility index (Phi) is 5.55. The molecule has 0 unspecified atom stereocenters. The summed E-state index contributed by atoms with van der Waals surface area (Å²) in [5.41, 5.74) is 0.974. The zero-order chi connectivity index (χ0) is 16.2. The molecule has 0 saturated carbocycles. The lowest BCUT2D eigenvalue weighted by Gasteiger charge is -2.31. The van der Waals surface area contributed by atoms with Gasteiger partial charge in [0.1, 0.15) is 0 Å². The van der Waals surface area contributed by atoms with Gasteiger partial charge in [0.05, 0.1) is 11.4 Å². The van der Waals surface area contributed by atoms with Crippen molar-refractivity contribution in [3.05, 3.63) is 29.8 Å². The van der Waals surface area contributed by atoms with E-state index < -0.39 is 10.0 Å². The Balaban J connectivity index is 1.89. The summed E-state index contributed by atoms with van der Waals surface area (Å²) in [6, 6.07) is 6.48. The summed E-state index contributed by atoms with van der Waals surface area (Å²) in [6.45, 7) is 2.91. The van der Waals surface area contributed by atoms with E-state index in [2.05, 4.69) is 4.72 Å². The van der Waals surface area contributed by atoms with Crippen LogP contribution in [0.4, 0.5) is 0 Å². The number of aliphatic hydroxyl groups excluding tert-OH is 1. The Labute approximate surface area is 131 Å². The van der Waals surface area contributed by atoms with Crippen LogP contribution in [-0.4, -0.2) is 50.6 Å². The van der Waals surface area contributed by atoms with E-state index in [1.54, 1.807) is 17.0 Å². The molecule has 1 saturated heterocycles. The van der Waals surface area contributed by atoms with E-state index in [9.17, 15) is 13.2 Å². The van der Waals surface area contributed by atoms with Crippen LogP contribution in [0.1, 0.15) is 18.4 Å². The standard InChI is InChI=1S/C15H22N2O4S/c1-12-2-4-14(5-3-12)22(20,21)16-10-15(19)17-8-6-13(11-18)7-9-17/h2-5,13,16,18H,6-11H2,1H3. The molecule has 22 heavy (non-hydrogen) atoms. The molecule has 2 rings (SSSR count). The summed E-state index contributed by atoms with van der Waals surface area (Å²) in [7, 11) is -3.66. The zero-order valence-corrected chi connectivity index (χ0v) is 13.5. The third-order valence-electron chi connectivity index (χ3n) is 3.97. The smallest absolute Gasteiger partial charge is 0.241 e. The van der Waals surface area contributed by atoms with E-state index in [4.69, 9.17) is 5.11 Å². The van der Waals surface area contributed by atoms with Gasteiger partial charge in [0.2, 0.25) is 15.9 Å². The van der Waals surface area contributed by atoms with Crippen LogP contribution in [0, 0.1) is 12.8 Å².